The van der Waals surface area contributed by atoms with Gasteiger partial charge in [-0.15, -0.1) is 15.3 Å². The first-order chi connectivity index (χ1) is 8.91. The van der Waals surface area contributed by atoms with Crippen LogP contribution in [0.4, 0.5) is 19.0 Å². The average Bonchev–Trinajstić information content (AvgIpc) is 2.78. The first-order valence-corrected chi connectivity index (χ1v) is 5.63. The predicted molar refractivity (Wildman–Crippen MR) is 60.6 cm³/mol. The van der Waals surface area contributed by atoms with Crippen LogP contribution >= 0.6 is 0 Å². The van der Waals surface area contributed by atoms with Gasteiger partial charge in [-0.2, -0.15) is 17.7 Å². The predicted octanol–water partition coefficient (Wildman–Crippen LogP) is 1.33. The van der Waals surface area contributed by atoms with E-state index in [0.29, 0.717) is 10.9 Å². The lowest BCUT2D eigenvalue weighted by Crippen LogP contribution is -2.20. The fraction of sp³-hybridized carbons (Fsp3) is 0.500. The fourth-order valence-corrected chi connectivity index (χ4v) is 1.43. The monoisotopic (exact) mass is 275 g/mol. The molecule has 9 heteroatoms. The van der Waals surface area contributed by atoms with Crippen LogP contribution in [0.2, 0.25) is 0 Å². The molecule has 0 spiro atoms. The van der Waals surface area contributed by atoms with Crippen molar-refractivity contribution in [1.29, 1.82) is 0 Å². The van der Waals surface area contributed by atoms with Gasteiger partial charge in [-0.25, -0.2) is 0 Å². The standard InChI is InChI=1S/C10H12F3N5O/c1-2-6(19)5-14-7-3-4-8-15-16-9(10(11,12)13)18(8)17-7/h3-4,6,19H,2,5H2,1H3,(H,14,17). The SMILES string of the molecule is CCC(O)CNc1ccc2nnc(C(F)(F)F)n2n1. The van der Waals surface area contributed by atoms with Crippen molar-refractivity contribution >= 4 is 11.5 Å². The summed E-state index contributed by atoms with van der Waals surface area (Å²) in [5.74, 6) is -0.965. The molecule has 2 heterocycles. The molecule has 104 valence electrons. The number of alkyl halides is 3. The largest absolute Gasteiger partial charge is 0.453 e. The Morgan fingerprint density at radius 1 is 1.37 bits per heavy atom. The van der Waals surface area contributed by atoms with Gasteiger partial charge in [-0.1, -0.05) is 6.92 Å². The zero-order chi connectivity index (χ0) is 14.0. The number of hydrogen-bond acceptors (Lipinski definition) is 5. The number of fused-ring (bicyclic) bond motifs is 1. The highest BCUT2D eigenvalue weighted by Crippen LogP contribution is 2.27. The van der Waals surface area contributed by atoms with E-state index in [1.54, 1.807) is 6.92 Å². The molecule has 0 aliphatic rings. The summed E-state index contributed by atoms with van der Waals surface area (Å²) in [7, 11) is 0. The summed E-state index contributed by atoms with van der Waals surface area (Å²) in [6.45, 7) is 2.00. The van der Waals surface area contributed by atoms with Gasteiger partial charge < -0.3 is 10.4 Å². The van der Waals surface area contributed by atoms with Crippen molar-refractivity contribution < 1.29 is 18.3 Å². The molecule has 1 unspecified atom stereocenters. The normalized spacial score (nSPS) is 13.7. The highest BCUT2D eigenvalue weighted by atomic mass is 19.4. The van der Waals surface area contributed by atoms with E-state index >= 15 is 0 Å². The van der Waals surface area contributed by atoms with Crippen LogP contribution in [-0.4, -0.2) is 37.6 Å². The van der Waals surface area contributed by atoms with Gasteiger partial charge in [-0.05, 0) is 18.6 Å². The number of aromatic nitrogens is 4. The average molecular weight is 275 g/mol. The molecule has 1 atom stereocenters. The molecule has 0 saturated carbocycles. The van der Waals surface area contributed by atoms with Crippen molar-refractivity contribution in [3.8, 4) is 0 Å². The van der Waals surface area contributed by atoms with Crippen LogP contribution in [0.1, 0.15) is 19.2 Å². The van der Waals surface area contributed by atoms with Gasteiger partial charge in [-0.3, -0.25) is 0 Å². The summed E-state index contributed by atoms with van der Waals surface area (Å²) in [5, 5.41) is 22.3. The van der Waals surface area contributed by atoms with E-state index in [1.807, 2.05) is 0 Å². The van der Waals surface area contributed by atoms with Crippen LogP contribution in [0.3, 0.4) is 0 Å². The lowest BCUT2D eigenvalue weighted by atomic mass is 10.3. The van der Waals surface area contributed by atoms with E-state index in [1.165, 1.54) is 12.1 Å². The topological polar surface area (TPSA) is 75.3 Å². The van der Waals surface area contributed by atoms with Crippen LogP contribution in [0, 0.1) is 0 Å². The van der Waals surface area contributed by atoms with E-state index in [0.717, 1.165) is 0 Å². The summed E-state index contributed by atoms with van der Waals surface area (Å²) in [5.41, 5.74) is 0.00825. The van der Waals surface area contributed by atoms with Crippen molar-refractivity contribution in [3.05, 3.63) is 18.0 Å². The molecule has 0 fully saturated rings. The number of halogens is 3. The number of anilines is 1. The highest BCUT2D eigenvalue weighted by molar-refractivity contribution is 5.44. The summed E-state index contributed by atoms with van der Waals surface area (Å²) < 4.78 is 38.5. The fourth-order valence-electron chi connectivity index (χ4n) is 1.43. The number of nitrogens with zero attached hydrogens (tertiary/aromatic N) is 4. The number of hydrogen-bond donors (Lipinski definition) is 2. The minimum absolute atomic E-state index is 0.00825. The third-order valence-corrected chi connectivity index (χ3v) is 2.51. The lowest BCUT2D eigenvalue weighted by Gasteiger charge is -2.10. The van der Waals surface area contributed by atoms with Crippen molar-refractivity contribution in [2.24, 2.45) is 0 Å². The maximum Gasteiger partial charge on any atom is 0.453 e. The van der Waals surface area contributed by atoms with E-state index in [-0.39, 0.29) is 18.0 Å². The molecule has 2 N–H and O–H groups in total. The molecule has 2 rings (SSSR count). The van der Waals surface area contributed by atoms with E-state index < -0.39 is 18.1 Å². The summed E-state index contributed by atoms with van der Waals surface area (Å²) in [6.07, 6.45) is -4.66. The molecule has 2 aromatic heterocycles. The van der Waals surface area contributed by atoms with Gasteiger partial charge in [0.1, 0.15) is 5.82 Å². The maximum atomic E-state index is 12.6. The molecule has 0 aromatic carbocycles. The third-order valence-electron chi connectivity index (χ3n) is 2.51. The molecule has 0 radical (unpaired) electrons. The Hall–Kier alpha value is -1.90. The second-order valence-electron chi connectivity index (χ2n) is 3.95. The Bertz CT molecular complexity index is 568. The van der Waals surface area contributed by atoms with Crippen LogP contribution in [0.25, 0.3) is 5.65 Å². The first-order valence-electron chi connectivity index (χ1n) is 5.63. The zero-order valence-electron chi connectivity index (χ0n) is 10.0. The lowest BCUT2D eigenvalue weighted by molar-refractivity contribution is -0.146. The molecular formula is C10H12F3N5O. The first kappa shape index (κ1) is 13.5. The van der Waals surface area contributed by atoms with Gasteiger partial charge in [0.15, 0.2) is 5.65 Å². The van der Waals surface area contributed by atoms with Crippen LogP contribution in [0.15, 0.2) is 12.1 Å². The Balaban J connectivity index is 2.28. The van der Waals surface area contributed by atoms with Crippen LogP contribution < -0.4 is 5.32 Å². The van der Waals surface area contributed by atoms with Gasteiger partial charge >= 0.3 is 6.18 Å². The van der Waals surface area contributed by atoms with Crippen LogP contribution in [-0.2, 0) is 6.18 Å². The zero-order valence-corrected chi connectivity index (χ0v) is 10.0. The molecule has 0 aliphatic heterocycles. The third kappa shape index (κ3) is 2.92. The van der Waals surface area contributed by atoms with Crippen LogP contribution in [0.5, 0.6) is 0 Å². The molecule has 0 aliphatic carbocycles. The van der Waals surface area contributed by atoms with E-state index in [9.17, 15) is 18.3 Å². The molecule has 0 saturated heterocycles. The summed E-state index contributed by atoms with van der Waals surface area (Å²) in [4.78, 5) is 0. The van der Waals surface area contributed by atoms with Crippen molar-refractivity contribution in [2.75, 3.05) is 11.9 Å². The number of aliphatic hydroxyl groups excluding tert-OH is 1. The number of nitrogens with one attached hydrogen (secondary N) is 1. The summed E-state index contributed by atoms with van der Waals surface area (Å²) in [6, 6.07) is 2.85. The smallest absolute Gasteiger partial charge is 0.391 e. The van der Waals surface area contributed by atoms with E-state index in [2.05, 4.69) is 20.6 Å². The molecule has 0 amide bonds. The number of aliphatic hydroxyl groups is 1. The maximum absolute atomic E-state index is 12.6. The Morgan fingerprint density at radius 2 is 2.11 bits per heavy atom. The minimum Gasteiger partial charge on any atom is -0.391 e. The Labute approximate surface area is 106 Å². The van der Waals surface area contributed by atoms with Crippen molar-refractivity contribution in [2.45, 2.75) is 25.6 Å². The Morgan fingerprint density at radius 3 is 2.74 bits per heavy atom. The highest BCUT2D eigenvalue weighted by Gasteiger charge is 2.37. The molecule has 0 bridgehead atoms. The Kier molecular flexibility index (Phi) is 3.56. The minimum atomic E-state index is -4.62. The second kappa shape index (κ2) is 5.00. The van der Waals surface area contributed by atoms with Crippen molar-refractivity contribution in [1.82, 2.24) is 19.8 Å². The van der Waals surface area contributed by atoms with Gasteiger partial charge in [0.05, 0.1) is 6.10 Å². The van der Waals surface area contributed by atoms with E-state index in [4.69, 9.17) is 0 Å². The molecule has 19 heavy (non-hydrogen) atoms. The molecular weight excluding hydrogens is 263 g/mol. The quantitative estimate of drug-likeness (QED) is 0.880. The second-order valence-corrected chi connectivity index (χ2v) is 3.95. The van der Waals surface area contributed by atoms with Crippen molar-refractivity contribution in [3.63, 3.8) is 0 Å². The molecule has 2 aromatic rings. The van der Waals surface area contributed by atoms with Gasteiger partial charge in [0.25, 0.3) is 5.82 Å². The molecule has 6 nitrogen and oxygen atoms in total. The summed E-state index contributed by atoms with van der Waals surface area (Å²) >= 11 is 0. The van der Waals surface area contributed by atoms with Gasteiger partial charge in [0.2, 0.25) is 0 Å². The van der Waals surface area contributed by atoms with Gasteiger partial charge in [0, 0.05) is 6.54 Å². The number of rotatable bonds is 4.